The van der Waals surface area contributed by atoms with E-state index in [1.54, 1.807) is 6.07 Å². The van der Waals surface area contributed by atoms with Gasteiger partial charge < -0.3 is 19.9 Å². The van der Waals surface area contributed by atoms with Gasteiger partial charge in [-0.1, -0.05) is 30.0 Å². The van der Waals surface area contributed by atoms with Crippen molar-refractivity contribution in [2.45, 2.75) is 25.0 Å². The highest BCUT2D eigenvalue weighted by Crippen LogP contribution is 2.27. The lowest BCUT2D eigenvalue weighted by Crippen LogP contribution is -2.52. The molecule has 2 aliphatic heterocycles. The van der Waals surface area contributed by atoms with Crippen molar-refractivity contribution in [3.63, 3.8) is 0 Å². The Labute approximate surface area is 220 Å². The highest BCUT2D eigenvalue weighted by Gasteiger charge is 2.28. The number of likely N-dealkylation sites (tertiary alicyclic amines) is 1. The van der Waals surface area contributed by atoms with E-state index < -0.39 is 17.1 Å². The molecule has 0 bridgehead atoms. The Kier molecular flexibility index (Phi) is 8.15. The molecule has 0 amide bonds. The molecular formula is C29H31FN4O4. The molecule has 0 saturated carbocycles. The van der Waals surface area contributed by atoms with Gasteiger partial charge in [-0.2, -0.15) is 0 Å². The molecule has 3 heterocycles. The molecule has 1 atom stereocenters. The van der Waals surface area contributed by atoms with Crippen LogP contribution in [0.15, 0.2) is 53.6 Å². The Bertz CT molecular complexity index is 1370. The molecule has 3 N–H and O–H groups in total. The van der Waals surface area contributed by atoms with Crippen LogP contribution in [0.1, 0.15) is 33.9 Å². The zero-order valence-corrected chi connectivity index (χ0v) is 21.1. The fraction of sp³-hybridized carbons (Fsp3) is 0.379. The third-order valence-electron chi connectivity index (χ3n) is 7.03. The third-order valence-corrected chi connectivity index (χ3v) is 7.03. The third kappa shape index (κ3) is 6.47. The minimum Gasteiger partial charge on any atom is -0.502 e. The van der Waals surface area contributed by atoms with Gasteiger partial charge in [0.2, 0.25) is 5.75 Å². The van der Waals surface area contributed by atoms with Crippen LogP contribution in [-0.4, -0.2) is 82.0 Å². The molecule has 2 aliphatic rings. The summed E-state index contributed by atoms with van der Waals surface area (Å²) in [4.78, 5) is 22.7. The largest absolute Gasteiger partial charge is 0.502 e. The minimum absolute atomic E-state index is 0.238. The van der Waals surface area contributed by atoms with Crippen LogP contribution in [-0.2, 0) is 17.7 Å². The minimum atomic E-state index is -0.612. The Morgan fingerprint density at radius 2 is 1.87 bits per heavy atom. The van der Waals surface area contributed by atoms with E-state index in [1.807, 2.05) is 35.2 Å². The van der Waals surface area contributed by atoms with Gasteiger partial charge in [0.15, 0.2) is 0 Å². The molecule has 0 aliphatic carbocycles. The van der Waals surface area contributed by atoms with E-state index in [0.717, 1.165) is 38.4 Å². The van der Waals surface area contributed by atoms with Crippen molar-refractivity contribution in [1.82, 2.24) is 19.8 Å². The number of benzene rings is 2. The van der Waals surface area contributed by atoms with Gasteiger partial charge in [-0.05, 0) is 35.4 Å². The van der Waals surface area contributed by atoms with E-state index in [0.29, 0.717) is 30.8 Å². The van der Waals surface area contributed by atoms with E-state index in [1.165, 1.54) is 18.0 Å². The van der Waals surface area contributed by atoms with Crippen LogP contribution in [0.2, 0.25) is 0 Å². The molecule has 8 nitrogen and oxygen atoms in total. The number of aromatic amines is 1. The zero-order valence-electron chi connectivity index (χ0n) is 21.1. The Morgan fingerprint density at radius 3 is 2.58 bits per heavy atom. The normalized spacial score (nSPS) is 17.4. The number of β-amino-alcohol motifs (C(OH)–C–C–N with tert-alkyl or cyclic N) is 1. The summed E-state index contributed by atoms with van der Waals surface area (Å²) in [5.41, 5.74) is 2.66. The number of aromatic nitrogens is 2. The topological polar surface area (TPSA) is 102 Å². The summed E-state index contributed by atoms with van der Waals surface area (Å²) in [6.07, 6.45) is 1.13. The van der Waals surface area contributed by atoms with Gasteiger partial charge in [0.1, 0.15) is 5.82 Å². The highest BCUT2D eigenvalue weighted by atomic mass is 19.1. The maximum atomic E-state index is 15.1. The van der Waals surface area contributed by atoms with Crippen LogP contribution in [0.3, 0.4) is 0 Å². The predicted octanol–water partition coefficient (Wildman–Crippen LogP) is 1.85. The van der Waals surface area contributed by atoms with Crippen LogP contribution in [0, 0.1) is 17.7 Å². The second-order valence-corrected chi connectivity index (χ2v) is 9.88. The van der Waals surface area contributed by atoms with Gasteiger partial charge in [-0.15, -0.1) is 0 Å². The zero-order chi connectivity index (χ0) is 26.5. The lowest BCUT2D eigenvalue weighted by atomic mass is 9.91. The van der Waals surface area contributed by atoms with Gasteiger partial charge in [0.25, 0.3) is 5.56 Å². The van der Waals surface area contributed by atoms with E-state index >= 15 is 4.39 Å². The number of halogens is 1. The van der Waals surface area contributed by atoms with Crippen molar-refractivity contribution in [2.24, 2.45) is 0 Å². The molecule has 1 aromatic heterocycles. The maximum Gasteiger partial charge on any atom is 0.293 e. The number of aliphatic hydroxyl groups is 1. The van der Waals surface area contributed by atoms with E-state index in [4.69, 9.17) is 4.74 Å². The second kappa shape index (κ2) is 11.9. The average Bonchev–Trinajstić information content (AvgIpc) is 2.90. The number of aromatic hydroxyl groups is 1. The number of aliphatic hydroxyl groups excluding tert-OH is 1. The van der Waals surface area contributed by atoms with Gasteiger partial charge in [-0.25, -0.2) is 9.37 Å². The Hall–Kier alpha value is -3.55. The van der Waals surface area contributed by atoms with Crippen LogP contribution in [0.5, 0.6) is 5.75 Å². The summed E-state index contributed by atoms with van der Waals surface area (Å²) in [7, 11) is 0. The molecule has 198 valence electrons. The first-order valence-electron chi connectivity index (χ1n) is 12.8. The number of rotatable bonds is 7. The number of morpholine rings is 1. The van der Waals surface area contributed by atoms with Crippen molar-refractivity contribution in [2.75, 3.05) is 45.9 Å². The predicted molar refractivity (Wildman–Crippen MR) is 140 cm³/mol. The number of hydrogen-bond donors (Lipinski definition) is 3. The number of ether oxygens (including phenoxy) is 1. The van der Waals surface area contributed by atoms with Crippen LogP contribution in [0.4, 0.5) is 4.39 Å². The van der Waals surface area contributed by atoms with E-state index in [-0.39, 0.29) is 24.1 Å². The van der Waals surface area contributed by atoms with Crippen LogP contribution in [0.25, 0.3) is 0 Å². The molecule has 0 unspecified atom stereocenters. The molecular weight excluding hydrogens is 487 g/mol. The lowest BCUT2D eigenvalue weighted by molar-refractivity contribution is -0.00130. The lowest BCUT2D eigenvalue weighted by Gasteiger charge is -2.38. The molecule has 2 fully saturated rings. The fourth-order valence-electron chi connectivity index (χ4n) is 4.84. The quantitative estimate of drug-likeness (QED) is 0.411. The van der Waals surface area contributed by atoms with Gasteiger partial charge in [0, 0.05) is 57.2 Å². The van der Waals surface area contributed by atoms with Crippen molar-refractivity contribution in [3.8, 4) is 17.6 Å². The molecule has 5 rings (SSSR count). The van der Waals surface area contributed by atoms with E-state index in [2.05, 4.69) is 26.7 Å². The first kappa shape index (κ1) is 26.1. The summed E-state index contributed by atoms with van der Waals surface area (Å²) in [5, 5.41) is 19.8. The molecule has 0 spiro atoms. The van der Waals surface area contributed by atoms with Crippen molar-refractivity contribution in [3.05, 3.63) is 92.9 Å². The smallest absolute Gasteiger partial charge is 0.293 e. The van der Waals surface area contributed by atoms with Gasteiger partial charge >= 0.3 is 0 Å². The van der Waals surface area contributed by atoms with Crippen LogP contribution >= 0.6 is 0 Å². The average molecular weight is 519 g/mol. The SMILES string of the molecule is O=c1[nH]cnc(C[C@H](CN2CC(O)C2)c2ccc(C#Cc3ccc(CN4CCOCC4)cc3)c(F)c2)c1O. The summed E-state index contributed by atoms with van der Waals surface area (Å²) in [5.74, 6) is 4.88. The number of H-pyrrole nitrogens is 1. The first-order valence-corrected chi connectivity index (χ1v) is 12.8. The molecule has 38 heavy (non-hydrogen) atoms. The molecule has 3 aromatic rings. The van der Waals surface area contributed by atoms with Gasteiger partial charge in [-0.3, -0.25) is 14.6 Å². The number of nitrogens with zero attached hydrogens (tertiary/aromatic N) is 3. The maximum absolute atomic E-state index is 15.1. The monoisotopic (exact) mass is 518 g/mol. The van der Waals surface area contributed by atoms with Crippen molar-refractivity contribution >= 4 is 0 Å². The molecule has 9 heteroatoms. The number of nitrogens with one attached hydrogen (secondary N) is 1. The summed E-state index contributed by atoms with van der Waals surface area (Å²) in [6, 6.07) is 12.9. The van der Waals surface area contributed by atoms with Gasteiger partial charge in [0.05, 0.1) is 36.9 Å². The standard InChI is InChI=1S/C29H31FN4O4/c30-26-13-23(24(16-34-17-25(35)18-34)14-27-28(36)29(37)32-19-31-27)8-7-22(26)6-5-20-1-3-21(4-2-20)15-33-9-11-38-12-10-33/h1-4,7-8,13,19,24-25,35-36H,9-12,14-18H2,(H,31,32,37)/t24-/m1/s1. The Balaban J connectivity index is 1.30. The fourth-order valence-corrected chi connectivity index (χ4v) is 4.84. The summed E-state index contributed by atoms with van der Waals surface area (Å²) >= 11 is 0. The molecule has 2 saturated heterocycles. The number of hydrogen-bond acceptors (Lipinski definition) is 7. The molecule has 0 radical (unpaired) electrons. The summed E-state index contributed by atoms with van der Waals surface area (Å²) < 4.78 is 20.5. The second-order valence-electron chi connectivity index (χ2n) is 9.88. The highest BCUT2D eigenvalue weighted by molar-refractivity contribution is 5.45. The molecule has 2 aromatic carbocycles. The van der Waals surface area contributed by atoms with Crippen molar-refractivity contribution in [1.29, 1.82) is 0 Å². The summed E-state index contributed by atoms with van der Waals surface area (Å²) in [6.45, 7) is 5.85. The van der Waals surface area contributed by atoms with E-state index in [9.17, 15) is 15.0 Å². The first-order chi connectivity index (χ1) is 18.4. The van der Waals surface area contributed by atoms with Crippen LogP contribution < -0.4 is 5.56 Å². The Morgan fingerprint density at radius 1 is 1.11 bits per heavy atom. The van der Waals surface area contributed by atoms with Crippen molar-refractivity contribution < 1.29 is 19.3 Å².